The van der Waals surface area contributed by atoms with Gasteiger partial charge in [-0.2, -0.15) is 0 Å². The molecule has 0 saturated heterocycles. The Morgan fingerprint density at radius 2 is 1.50 bits per heavy atom. The summed E-state index contributed by atoms with van der Waals surface area (Å²) in [5, 5.41) is 2.07. The lowest BCUT2D eigenvalue weighted by Crippen LogP contribution is -2.28. The average molecular weight is 280 g/mol. The van der Waals surface area contributed by atoms with E-state index in [1.807, 2.05) is 12.1 Å². The average Bonchev–Trinajstić information content (AvgIpc) is 3.04. The largest absolute Gasteiger partial charge is 0.271 e. The molecular formula is C17H16N2S. The third kappa shape index (κ3) is 2.65. The van der Waals surface area contributed by atoms with E-state index in [1.165, 1.54) is 21.6 Å². The summed E-state index contributed by atoms with van der Waals surface area (Å²) in [6, 6.07) is 23.1. The second-order valence-electron chi connectivity index (χ2n) is 4.60. The first-order chi connectivity index (χ1) is 9.88. The summed E-state index contributed by atoms with van der Waals surface area (Å²) in [4.78, 5) is 1.22. The van der Waals surface area contributed by atoms with Gasteiger partial charge in [-0.1, -0.05) is 60.7 Å². The molecule has 0 radical (unpaired) electrons. The predicted molar refractivity (Wildman–Crippen MR) is 85.4 cm³/mol. The van der Waals surface area contributed by atoms with E-state index in [4.69, 9.17) is 5.84 Å². The number of hydrogen-bond donors (Lipinski definition) is 2. The van der Waals surface area contributed by atoms with Crippen LogP contribution in [-0.4, -0.2) is 0 Å². The molecule has 0 saturated carbocycles. The van der Waals surface area contributed by atoms with Crippen LogP contribution in [-0.2, 0) is 0 Å². The van der Waals surface area contributed by atoms with Crippen molar-refractivity contribution in [2.24, 2.45) is 5.84 Å². The van der Waals surface area contributed by atoms with Crippen LogP contribution >= 0.6 is 11.3 Å². The Morgan fingerprint density at radius 1 is 0.800 bits per heavy atom. The van der Waals surface area contributed by atoms with Crippen molar-refractivity contribution in [3.8, 4) is 11.1 Å². The first-order valence-electron chi connectivity index (χ1n) is 6.53. The summed E-state index contributed by atoms with van der Waals surface area (Å²) < 4.78 is 0. The van der Waals surface area contributed by atoms with Crippen molar-refractivity contribution < 1.29 is 0 Å². The first-order valence-corrected chi connectivity index (χ1v) is 7.41. The maximum absolute atomic E-state index is 5.70. The Hall–Kier alpha value is -1.94. The van der Waals surface area contributed by atoms with E-state index in [-0.39, 0.29) is 6.04 Å². The molecule has 2 nitrogen and oxygen atoms in total. The fourth-order valence-electron chi connectivity index (χ4n) is 2.30. The normalized spacial score (nSPS) is 12.2. The number of thiophene rings is 1. The zero-order valence-corrected chi connectivity index (χ0v) is 11.8. The number of benzene rings is 2. The minimum Gasteiger partial charge on any atom is -0.271 e. The van der Waals surface area contributed by atoms with Crippen LogP contribution in [0.5, 0.6) is 0 Å². The highest BCUT2D eigenvalue weighted by Crippen LogP contribution is 2.27. The summed E-state index contributed by atoms with van der Waals surface area (Å²) in [7, 11) is 0. The van der Waals surface area contributed by atoms with Gasteiger partial charge in [-0.3, -0.25) is 5.84 Å². The molecule has 1 aromatic heterocycles. The number of nitrogens with one attached hydrogen (secondary N) is 1. The molecule has 0 aliphatic carbocycles. The highest BCUT2D eigenvalue weighted by molar-refractivity contribution is 7.10. The van der Waals surface area contributed by atoms with E-state index < -0.39 is 0 Å². The van der Waals surface area contributed by atoms with E-state index in [0.717, 1.165) is 0 Å². The van der Waals surface area contributed by atoms with Gasteiger partial charge in [-0.25, -0.2) is 5.43 Å². The monoisotopic (exact) mass is 280 g/mol. The topological polar surface area (TPSA) is 38.0 Å². The zero-order valence-electron chi connectivity index (χ0n) is 11.0. The van der Waals surface area contributed by atoms with Crippen molar-refractivity contribution in [1.29, 1.82) is 0 Å². The fourth-order valence-corrected chi connectivity index (χ4v) is 3.11. The number of nitrogens with two attached hydrogens (primary N) is 1. The summed E-state index contributed by atoms with van der Waals surface area (Å²) in [6.45, 7) is 0. The van der Waals surface area contributed by atoms with Gasteiger partial charge in [0.05, 0.1) is 6.04 Å². The Balaban J connectivity index is 1.89. The zero-order chi connectivity index (χ0) is 13.8. The molecule has 0 aliphatic rings. The molecule has 1 heterocycles. The van der Waals surface area contributed by atoms with E-state index in [9.17, 15) is 0 Å². The minimum atomic E-state index is 0.0554. The number of hydrogen-bond acceptors (Lipinski definition) is 3. The quantitative estimate of drug-likeness (QED) is 0.560. The van der Waals surface area contributed by atoms with Gasteiger partial charge in [-0.05, 0) is 28.1 Å². The standard InChI is InChI=1S/C17H16N2S/c18-19-17(16-7-4-12-20-16)15-10-8-14(9-11-15)13-5-2-1-3-6-13/h1-12,17,19H,18H2. The molecule has 3 aromatic rings. The Morgan fingerprint density at radius 3 is 2.10 bits per heavy atom. The third-order valence-electron chi connectivity index (χ3n) is 3.35. The Kier molecular flexibility index (Phi) is 3.92. The molecule has 0 bridgehead atoms. The van der Waals surface area contributed by atoms with Crippen molar-refractivity contribution in [1.82, 2.24) is 5.43 Å². The van der Waals surface area contributed by atoms with E-state index in [1.54, 1.807) is 11.3 Å². The van der Waals surface area contributed by atoms with Crippen LogP contribution in [0.1, 0.15) is 16.5 Å². The smallest absolute Gasteiger partial charge is 0.0802 e. The van der Waals surface area contributed by atoms with Crippen molar-refractivity contribution in [3.05, 3.63) is 82.6 Å². The third-order valence-corrected chi connectivity index (χ3v) is 4.28. The van der Waals surface area contributed by atoms with Crippen molar-refractivity contribution in [3.63, 3.8) is 0 Å². The second kappa shape index (κ2) is 6.01. The summed E-state index contributed by atoms with van der Waals surface area (Å²) >= 11 is 1.71. The molecule has 1 atom stereocenters. The summed E-state index contributed by atoms with van der Waals surface area (Å²) in [6.07, 6.45) is 0. The molecule has 100 valence electrons. The lowest BCUT2D eigenvalue weighted by Gasteiger charge is -2.15. The number of rotatable bonds is 4. The van der Waals surface area contributed by atoms with E-state index >= 15 is 0 Å². The highest BCUT2D eigenvalue weighted by atomic mass is 32.1. The van der Waals surface area contributed by atoms with Gasteiger partial charge in [-0.15, -0.1) is 11.3 Å². The van der Waals surface area contributed by atoms with Gasteiger partial charge < -0.3 is 0 Å². The fraction of sp³-hybridized carbons (Fsp3) is 0.0588. The summed E-state index contributed by atoms with van der Waals surface area (Å²) in [5.41, 5.74) is 6.51. The van der Waals surface area contributed by atoms with Crippen LogP contribution in [0.25, 0.3) is 11.1 Å². The molecule has 20 heavy (non-hydrogen) atoms. The Labute approximate surface area is 122 Å². The van der Waals surface area contributed by atoms with Crippen LogP contribution in [0.4, 0.5) is 0 Å². The van der Waals surface area contributed by atoms with E-state index in [0.29, 0.717) is 0 Å². The molecule has 0 amide bonds. The molecule has 3 N–H and O–H groups in total. The Bertz CT molecular complexity index is 645. The molecular weight excluding hydrogens is 264 g/mol. The van der Waals surface area contributed by atoms with Crippen molar-refractivity contribution in [2.75, 3.05) is 0 Å². The second-order valence-corrected chi connectivity index (χ2v) is 5.58. The van der Waals surface area contributed by atoms with Crippen LogP contribution < -0.4 is 11.3 Å². The van der Waals surface area contributed by atoms with Crippen LogP contribution in [0.2, 0.25) is 0 Å². The maximum atomic E-state index is 5.70. The van der Waals surface area contributed by atoms with Crippen LogP contribution in [0, 0.1) is 0 Å². The van der Waals surface area contributed by atoms with Gasteiger partial charge >= 0.3 is 0 Å². The molecule has 1 unspecified atom stereocenters. The first kappa shape index (κ1) is 13.1. The maximum Gasteiger partial charge on any atom is 0.0802 e. The van der Waals surface area contributed by atoms with Gasteiger partial charge in [0, 0.05) is 4.88 Å². The molecule has 0 fully saturated rings. The van der Waals surface area contributed by atoms with Gasteiger partial charge in [0.1, 0.15) is 0 Å². The van der Waals surface area contributed by atoms with E-state index in [2.05, 4.69) is 65.4 Å². The molecule has 3 heteroatoms. The van der Waals surface area contributed by atoms with Crippen LogP contribution in [0.3, 0.4) is 0 Å². The molecule has 3 rings (SSSR count). The summed E-state index contributed by atoms with van der Waals surface area (Å²) in [5.74, 6) is 5.70. The molecule has 0 spiro atoms. The van der Waals surface area contributed by atoms with Gasteiger partial charge in [0.15, 0.2) is 0 Å². The lowest BCUT2D eigenvalue weighted by atomic mass is 10.0. The van der Waals surface area contributed by atoms with Crippen molar-refractivity contribution in [2.45, 2.75) is 6.04 Å². The predicted octanol–water partition coefficient (Wildman–Crippen LogP) is 3.97. The van der Waals surface area contributed by atoms with Crippen LogP contribution in [0.15, 0.2) is 72.1 Å². The SMILES string of the molecule is NNC(c1ccc(-c2ccccc2)cc1)c1cccs1. The van der Waals surface area contributed by atoms with Crippen molar-refractivity contribution >= 4 is 11.3 Å². The minimum absolute atomic E-state index is 0.0554. The van der Waals surface area contributed by atoms with Gasteiger partial charge in [0.2, 0.25) is 0 Å². The molecule has 2 aromatic carbocycles. The highest BCUT2D eigenvalue weighted by Gasteiger charge is 2.13. The molecule has 0 aliphatic heterocycles. The number of hydrazine groups is 1. The lowest BCUT2D eigenvalue weighted by molar-refractivity contribution is 0.646. The van der Waals surface area contributed by atoms with Gasteiger partial charge in [0.25, 0.3) is 0 Å².